The van der Waals surface area contributed by atoms with Crippen LogP contribution < -0.4 is 15.8 Å². The van der Waals surface area contributed by atoms with E-state index in [1.165, 1.54) is 12.1 Å². The molecule has 1 saturated heterocycles. The van der Waals surface area contributed by atoms with Crippen LogP contribution in [0.25, 0.3) is 0 Å². The maximum atomic E-state index is 12.5. The van der Waals surface area contributed by atoms with Gasteiger partial charge in [-0.2, -0.15) is 0 Å². The maximum Gasteiger partial charge on any atom is 0.286 e. The first-order chi connectivity index (χ1) is 12.1. The molecule has 2 aromatic rings. The van der Waals surface area contributed by atoms with Gasteiger partial charge in [0.15, 0.2) is 0 Å². The summed E-state index contributed by atoms with van der Waals surface area (Å²) in [5.74, 6) is -1.11. The molecule has 130 valence electrons. The molecule has 1 aromatic carbocycles. The topological polar surface area (TPSA) is 120 Å². The van der Waals surface area contributed by atoms with E-state index >= 15 is 0 Å². The minimum Gasteiger partial charge on any atom is -0.371 e. The molecule has 0 unspecified atom stereocenters. The fraction of sp³-hybridized carbons (Fsp3) is 0.250. The molecule has 9 heteroatoms. The van der Waals surface area contributed by atoms with Gasteiger partial charge in [0.2, 0.25) is 0 Å². The van der Waals surface area contributed by atoms with E-state index in [0.29, 0.717) is 11.4 Å². The van der Waals surface area contributed by atoms with Crippen LogP contribution in [-0.4, -0.2) is 34.8 Å². The summed E-state index contributed by atoms with van der Waals surface area (Å²) in [6.07, 6.45) is 3.59. The number of anilines is 1. The van der Waals surface area contributed by atoms with E-state index in [1.54, 1.807) is 24.4 Å². The monoisotopic (exact) mass is 343 g/mol. The molecule has 2 amide bonds. The Bertz CT molecular complexity index is 797. The number of aromatic amines is 1. The Morgan fingerprint density at radius 1 is 1.12 bits per heavy atom. The second-order valence-electron chi connectivity index (χ2n) is 5.64. The predicted molar refractivity (Wildman–Crippen MR) is 90.3 cm³/mol. The Morgan fingerprint density at radius 2 is 1.84 bits per heavy atom. The Balaban J connectivity index is 1.80. The summed E-state index contributed by atoms with van der Waals surface area (Å²) in [7, 11) is 0. The van der Waals surface area contributed by atoms with Gasteiger partial charge in [0.1, 0.15) is 5.69 Å². The maximum absolute atomic E-state index is 12.5. The molecule has 3 rings (SSSR count). The lowest BCUT2D eigenvalue weighted by Gasteiger charge is -2.20. The summed E-state index contributed by atoms with van der Waals surface area (Å²) < 4.78 is 0. The van der Waals surface area contributed by atoms with Gasteiger partial charge < -0.3 is 9.88 Å². The summed E-state index contributed by atoms with van der Waals surface area (Å²) in [5, 5.41) is 11.0. The standard InChI is InChI=1S/C16H17N5O4/c22-15(18-19-16(23)13-4-3-7-17-13)12-10-11(21(24)25)5-6-14(12)20-8-1-2-9-20/h3-7,10,17H,1-2,8-9H2,(H,18,22)(H,19,23). The zero-order valence-corrected chi connectivity index (χ0v) is 13.3. The molecule has 0 radical (unpaired) electrons. The molecule has 3 N–H and O–H groups in total. The first-order valence-corrected chi connectivity index (χ1v) is 7.84. The summed E-state index contributed by atoms with van der Waals surface area (Å²) in [5.41, 5.74) is 5.49. The van der Waals surface area contributed by atoms with Crippen LogP contribution in [0.3, 0.4) is 0 Å². The van der Waals surface area contributed by atoms with Crippen molar-refractivity contribution in [3.05, 3.63) is 57.9 Å². The van der Waals surface area contributed by atoms with Crippen molar-refractivity contribution < 1.29 is 14.5 Å². The number of hydrogen-bond acceptors (Lipinski definition) is 5. The van der Waals surface area contributed by atoms with E-state index in [0.717, 1.165) is 25.9 Å². The third-order valence-corrected chi connectivity index (χ3v) is 4.01. The van der Waals surface area contributed by atoms with E-state index in [4.69, 9.17) is 0 Å². The minimum atomic E-state index is -0.606. The molecule has 1 aromatic heterocycles. The van der Waals surface area contributed by atoms with Crippen molar-refractivity contribution in [3.8, 4) is 0 Å². The number of aromatic nitrogens is 1. The highest BCUT2D eigenvalue weighted by molar-refractivity contribution is 6.02. The fourth-order valence-corrected chi connectivity index (χ4v) is 2.77. The number of hydrazine groups is 1. The van der Waals surface area contributed by atoms with Crippen LogP contribution in [0, 0.1) is 10.1 Å². The average Bonchev–Trinajstić information content (AvgIpc) is 3.32. The Hall–Kier alpha value is -3.36. The van der Waals surface area contributed by atoms with E-state index in [2.05, 4.69) is 15.8 Å². The van der Waals surface area contributed by atoms with E-state index < -0.39 is 16.7 Å². The Morgan fingerprint density at radius 3 is 2.48 bits per heavy atom. The molecule has 25 heavy (non-hydrogen) atoms. The van der Waals surface area contributed by atoms with Crippen LogP contribution in [0.2, 0.25) is 0 Å². The van der Waals surface area contributed by atoms with Crippen molar-refractivity contribution in [1.29, 1.82) is 0 Å². The van der Waals surface area contributed by atoms with Crippen LogP contribution in [0.1, 0.15) is 33.7 Å². The molecule has 0 saturated carbocycles. The number of nitrogens with zero attached hydrogens (tertiary/aromatic N) is 2. The molecule has 1 aliphatic rings. The smallest absolute Gasteiger partial charge is 0.286 e. The number of non-ortho nitro benzene ring substituents is 1. The van der Waals surface area contributed by atoms with Crippen LogP contribution in [0.15, 0.2) is 36.5 Å². The van der Waals surface area contributed by atoms with Gasteiger partial charge in [0.25, 0.3) is 17.5 Å². The van der Waals surface area contributed by atoms with E-state index in [1.807, 2.05) is 4.90 Å². The molecule has 2 heterocycles. The molecular weight excluding hydrogens is 326 g/mol. The predicted octanol–water partition coefficient (Wildman–Crippen LogP) is 1.60. The van der Waals surface area contributed by atoms with E-state index in [-0.39, 0.29) is 11.3 Å². The van der Waals surface area contributed by atoms with Crippen LogP contribution >= 0.6 is 0 Å². The number of nitro groups is 1. The largest absolute Gasteiger partial charge is 0.371 e. The van der Waals surface area contributed by atoms with Crippen molar-refractivity contribution in [1.82, 2.24) is 15.8 Å². The number of H-pyrrole nitrogens is 1. The van der Waals surface area contributed by atoms with Gasteiger partial charge >= 0.3 is 0 Å². The molecule has 1 aliphatic heterocycles. The van der Waals surface area contributed by atoms with Crippen LogP contribution in [0.5, 0.6) is 0 Å². The third-order valence-electron chi connectivity index (χ3n) is 4.01. The zero-order chi connectivity index (χ0) is 17.8. The number of carbonyl (C=O) groups excluding carboxylic acids is 2. The third kappa shape index (κ3) is 3.60. The first kappa shape index (κ1) is 16.5. The molecule has 9 nitrogen and oxygen atoms in total. The molecule has 1 fully saturated rings. The van der Waals surface area contributed by atoms with Gasteiger partial charge in [-0.1, -0.05) is 0 Å². The lowest BCUT2D eigenvalue weighted by atomic mass is 10.1. The average molecular weight is 343 g/mol. The number of nitrogens with one attached hydrogen (secondary N) is 3. The van der Waals surface area contributed by atoms with Gasteiger partial charge in [-0.25, -0.2) is 0 Å². The number of hydrogen-bond donors (Lipinski definition) is 3. The van der Waals surface area contributed by atoms with E-state index in [9.17, 15) is 19.7 Å². The van der Waals surface area contributed by atoms with Gasteiger partial charge in [-0.15, -0.1) is 0 Å². The molecule has 0 atom stereocenters. The summed E-state index contributed by atoms with van der Waals surface area (Å²) >= 11 is 0. The molecular formula is C16H17N5O4. The number of benzene rings is 1. The van der Waals surface area contributed by atoms with Gasteiger partial charge in [0, 0.05) is 31.4 Å². The first-order valence-electron chi connectivity index (χ1n) is 7.84. The van der Waals surface area contributed by atoms with Crippen LogP contribution in [0.4, 0.5) is 11.4 Å². The highest BCUT2D eigenvalue weighted by Gasteiger charge is 2.23. The second kappa shape index (κ2) is 7.04. The summed E-state index contributed by atoms with van der Waals surface area (Å²) in [4.78, 5) is 39.6. The second-order valence-corrected chi connectivity index (χ2v) is 5.64. The highest BCUT2D eigenvalue weighted by atomic mass is 16.6. The van der Waals surface area contributed by atoms with Crippen molar-refractivity contribution in [2.24, 2.45) is 0 Å². The number of nitro benzene ring substituents is 1. The van der Waals surface area contributed by atoms with Gasteiger partial charge in [-0.05, 0) is 31.0 Å². The lowest BCUT2D eigenvalue weighted by Crippen LogP contribution is -2.42. The summed E-state index contributed by atoms with van der Waals surface area (Å²) in [6, 6.07) is 7.39. The number of rotatable bonds is 4. The Labute approximate surface area is 143 Å². The Kier molecular flexibility index (Phi) is 4.64. The molecule has 0 aliphatic carbocycles. The number of amides is 2. The zero-order valence-electron chi connectivity index (χ0n) is 13.3. The number of carbonyl (C=O) groups is 2. The minimum absolute atomic E-state index is 0.155. The fourth-order valence-electron chi connectivity index (χ4n) is 2.77. The highest BCUT2D eigenvalue weighted by Crippen LogP contribution is 2.28. The SMILES string of the molecule is O=C(NNC(=O)c1cc([N+](=O)[O-])ccc1N1CCCC1)c1ccc[nH]1. The van der Waals surface area contributed by atoms with Crippen molar-refractivity contribution in [2.75, 3.05) is 18.0 Å². The van der Waals surface area contributed by atoms with Gasteiger partial charge in [0.05, 0.1) is 16.2 Å². The lowest BCUT2D eigenvalue weighted by molar-refractivity contribution is -0.384. The molecule has 0 bridgehead atoms. The van der Waals surface area contributed by atoms with Crippen molar-refractivity contribution in [2.45, 2.75) is 12.8 Å². The quantitative estimate of drug-likeness (QED) is 0.575. The van der Waals surface area contributed by atoms with Crippen LogP contribution in [-0.2, 0) is 0 Å². The summed E-state index contributed by atoms with van der Waals surface area (Å²) in [6.45, 7) is 1.57. The normalized spacial score (nSPS) is 13.5. The van der Waals surface area contributed by atoms with Crippen molar-refractivity contribution >= 4 is 23.2 Å². The van der Waals surface area contributed by atoms with Gasteiger partial charge in [-0.3, -0.25) is 30.6 Å². The van der Waals surface area contributed by atoms with Crippen molar-refractivity contribution in [3.63, 3.8) is 0 Å². The molecule has 0 spiro atoms.